The number of carbonyl (C=O) groups excluding carboxylic acids is 2. The number of likely N-dealkylation sites (N-methyl/N-ethyl adjacent to an activating group) is 1. The van der Waals surface area contributed by atoms with E-state index in [0.29, 0.717) is 18.7 Å². The number of nitrogens with zero attached hydrogens (tertiary/aromatic N) is 1. The first kappa shape index (κ1) is 20.9. The molecule has 0 aliphatic carbocycles. The van der Waals surface area contributed by atoms with Gasteiger partial charge in [-0.15, -0.1) is 0 Å². The van der Waals surface area contributed by atoms with Gasteiger partial charge in [-0.25, -0.2) is 0 Å². The molecule has 2 aromatic carbocycles. The van der Waals surface area contributed by atoms with Crippen LogP contribution in [-0.2, 0) is 22.6 Å². The van der Waals surface area contributed by atoms with Crippen molar-refractivity contribution in [2.24, 2.45) is 0 Å². The minimum atomic E-state index is -0.658. The Labute approximate surface area is 178 Å². The molecule has 3 aromatic rings. The number of benzene rings is 2. The third kappa shape index (κ3) is 4.98. The molecule has 1 atom stereocenters. The molecule has 0 saturated carbocycles. The minimum Gasteiger partial charge on any atom is -0.496 e. The zero-order chi connectivity index (χ0) is 21.0. The van der Waals surface area contributed by atoms with Gasteiger partial charge in [-0.3, -0.25) is 9.59 Å². The van der Waals surface area contributed by atoms with Crippen LogP contribution in [0.2, 0.25) is 0 Å². The van der Waals surface area contributed by atoms with E-state index in [0.717, 1.165) is 26.5 Å². The lowest BCUT2D eigenvalue weighted by Crippen LogP contribution is -2.47. The van der Waals surface area contributed by atoms with Gasteiger partial charge in [0, 0.05) is 54.1 Å². The molecule has 1 aromatic heterocycles. The van der Waals surface area contributed by atoms with Gasteiger partial charge in [0.2, 0.25) is 11.8 Å². The van der Waals surface area contributed by atoms with Gasteiger partial charge in [0.1, 0.15) is 11.8 Å². The van der Waals surface area contributed by atoms with E-state index < -0.39 is 6.04 Å². The zero-order valence-corrected chi connectivity index (χ0v) is 18.2. The molecule has 0 saturated heterocycles. The van der Waals surface area contributed by atoms with E-state index in [2.05, 4.69) is 26.2 Å². The van der Waals surface area contributed by atoms with Gasteiger partial charge in [-0.1, -0.05) is 34.1 Å². The second-order valence-corrected chi connectivity index (χ2v) is 7.88. The van der Waals surface area contributed by atoms with E-state index in [1.807, 2.05) is 48.7 Å². The SMILES string of the molecule is COc1ccc(Br)cc1CN(C)C(=O)[C@@H](Cc1c[nH]c2ccccc12)NC(C)=O. The average Bonchev–Trinajstić information content (AvgIpc) is 3.10. The van der Waals surface area contributed by atoms with Gasteiger partial charge < -0.3 is 19.9 Å². The molecule has 6 nitrogen and oxygen atoms in total. The Morgan fingerprint density at radius 1 is 1.21 bits per heavy atom. The number of methoxy groups -OCH3 is 1. The van der Waals surface area contributed by atoms with Gasteiger partial charge >= 0.3 is 0 Å². The highest BCUT2D eigenvalue weighted by Gasteiger charge is 2.25. The molecule has 7 heteroatoms. The van der Waals surface area contributed by atoms with E-state index in [-0.39, 0.29) is 11.8 Å². The fourth-order valence-corrected chi connectivity index (χ4v) is 3.84. The number of para-hydroxylation sites is 1. The van der Waals surface area contributed by atoms with Crippen molar-refractivity contribution in [2.45, 2.75) is 25.9 Å². The Kier molecular flexibility index (Phi) is 6.59. The number of ether oxygens (including phenoxy) is 1. The third-order valence-electron chi connectivity index (χ3n) is 4.80. The number of carbonyl (C=O) groups is 2. The quantitative estimate of drug-likeness (QED) is 0.568. The van der Waals surface area contributed by atoms with Gasteiger partial charge in [0.15, 0.2) is 0 Å². The standard InChI is InChI=1S/C22H24BrN3O3/c1-14(27)25-20(11-15-12-24-19-7-5-4-6-18(15)19)22(28)26(2)13-16-10-17(23)8-9-21(16)29-3/h4-10,12,20,24H,11,13H2,1-3H3,(H,25,27)/t20-/m1/s1. The lowest BCUT2D eigenvalue weighted by Gasteiger charge is -2.25. The fourth-order valence-electron chi connectivity index (χ4n) is 3.44. The molecule has 3 rings (SSSR count). The van der Waals surface area contributed by atoms with Crippen LogP contribution in [0.5, 0.6) is 5.75 Å². The van der Waals surface area contributed by atoms with Crippen molar-refractivity contribution in [3.8, 4) is 5.75 Å². The molecule has 0 unspecified atom stereocenters. The van der Waals surface area contributed by atoms with Crippen LogP contribution in [-0.4, -0.2) is 41.9 Å². The summed E-state index contributed by atoms with van der Waals surface area (Å²) >= 11 is 3.46. The highest BCUT2D eigenvalue weighted by atomic mass is 79.9. The number of amides is 2. The van der Waals surface area contributed by atoms with Gasteiger partial charge in [-0.05, 0) is 29.8 Å². The van der Waals surface area contributed by atoms with Crippen molar-refractivity contribution in [3.63, 3.8) is 0 Å². The summed E-state index contributed by atoms with van der Waals surface area (Å²) in [6, 6.07) is 12.9. The predicted octanol–water partition coefficient (Wildman–Crippen LogP) is 3.64. The van der Waals surface area contributed by atoms with Crippen molar-refractivity contribution in [1.82, 2.24) is 15.2 Å². The second kappa shape index (κ2) is 9.13. The van der Waals surface area contributed by atoms with Crippen LogP contribution < -0.4 is 10.1 Å². The number of nitrogens with one attached hydrogen (secondary N) is 2. The topological polar surface area (TPSA) is 74.4 Å². The van der Waals surface area contributed by atoms with Crippen molar-refractivity contribution in [1.29, 1.82) is 0 Å². The predicted molar refractivity (Wildman–Crippen MR) is 117 cm³/mol. The largest absolute Gasteiger partial charge is 0.496 e. The van der Waals surface area contributed by atoms with E-state index in [4.69, 9.17) is 4.74 Å². The fraction of sp³-hybridized carbons (Fsp3) is 0.273. The van der Waals surface area contributed by atoms with Crippen molar-refractivity contribution in [2.75, 3.05) is 14.2 Å². The minimum absolute atomic E-state index is 0.160. The molecule has 0 aliphatic rings. The summed E-state index contributed by atoms with van der Waals surface area (Å²) in [7, 11) is 3.33. The lowest BCUT2D eigenvalue weighted by molar-refractivity contribution is -0.135. The van der Waals surface area contributed by atoms with Crippen molar-refractivity contribution in [3.05, 3.63) is 64.3 Å². The highest BCUT2D eigenvalue weighted by Crippen LogP contribution is 2.25. The van der Waals surface area contributed by atoms with E-state index in [1.54, 1.807) is 19.1 Å². The van der Waals surface area contributed by atoms with Crippen LogP contribution in [0.25, 0.3) is 10.9 Å². The van der Waals surface area contributed by atoms with Crippen LogP contribution in [0.1, 0.15) is 18.1 Å². The molecular formula is C22H24BrN3O3. The Hall–Kier alpha value is -2.80. The molecule has 152 valence electrons. The first-order valence-corrected chi connectivity index (χ1v) is 10.1. The smallest absolute Gasteiger partial charge is 0.245 e. The van der Waals surface area contributed by atoms with E-state index in [1.165, 1.54) is 6.92 Å². The Balaban J connectivity index is 1.81. The van der Waals surface area contributed by atoms with Crippen LogP contribution in [0.15, 0.2) is 53.1 Å². The Morgan fingerprint density at radius 2 is 1.97 bits per heavy atom. The summed E-state index contributed by atoms with van der Waals surface area (Å²) < 4.78 is 6.32. The maximum Gasteiger partial charge on any atom is 0.245 e. The number of H-pyrrole nitrogens is 1. The Morgan fingerprint density at radius 3 is 2.69 bits per heavy atom. The summed E-state index contributed by atoms with van der Waals surface area (Å²) in [6.07, 6.45) is 2.30. The number of aromatic amines is 1. The molecule has 2 amide bonds. The van der Waals surface area contributed by atoms with Crippen LogP contribution in [0.3, 0.4) is 0 Å². The summed E-state index contributed by atoms with van der Waals surface area (Å²) in [5.74, 6) is 0.310. The second-order valence-electron chi connectivity index (χ2n) is 6.97. The summed E-state index contributed by atoms with van der Waals surface area (Å²) in [5, 5.41) is 3.85. The van der Waals surface area contributed by atoms with Crippen molar-refractivity contribution < 1.29 is 14.3 Å². The Bertz CT molecular complexity index is 1030. The molecule has 0 fully saturated rings. The molecule has 1 heterocycles. The van der Waals surface area contributed by atoms with E-state index >= 15 is 0 Å². The molecule has 29 heavy (non-hydrogen) atoms. The van der Waals surface area contributed by atoms with Crippen molar-refractivity contribution >= 4 is 38.6 Å². The maximum absolute atomic E-state index is 13.2. The number of fused-ring (bicyclic) bond motifs is 1. The highest BCUT2D eigenvalue weighted by molar-refractivity contribution is 9.10. The lowest BCUT2D eigenvalue weighted by atomic mass is 10.0. The van der Waals surface area contributed by atoms with Crippen LogP contribution in [0.4, 0.5) is 0 Å². The average molecular weight is 458 g/mol. The van der Waals surface area contributed by atoms with Gasteiger partial charge in [-0.2, -0.15) is 0 Å². The summed E-state index contributed by atoms with van der Waals surface area (Å²) in [4.78, 5) is 29.8. The molecule has 0 spiro atoms. The molecule has 0 bridgehead atoms. The third-order valence-corrected chi connectivity index (χ3v) is 5.29. The van der Waals surface area contributed by atoms with Gasteiger partial charge in [0.05, 0.1) is 7.11 Å². The van der Waals surface area contributed by atoms with Crippen LogP contribution >= 0.6 is 15.9 Å². The van der Waals surface area contributed by atoms with Gasteiger partial charge in [0.25, 0.3) is 0 Å². The number of rotatable bonds is 7. The number of hydrogen-bond acceptors (Lipinski definition) is 3. The number of aromatic nitrogens is 1. The molecule has 0 radical (unpaired) electrons. The molecule has 2 N–H and O–H groups in total. The first-order chi connectivity index (χ1) is 13.9. The zero-order valence-electron chi connectivity index (χ0n) is 16.7. The summed E-state index contributed by atoms with van der Waals surface area (Å²) in [6.45, 7) is 1.79. The van der Waals surface area contributed by atoms with Crippen LogP contribution in [0, 0.1) is 0 Å². The summed E-state index contributed by atoms with van der Waals surface area (Å²) in [5.41, 5.74) is 2.87. The monoisotopic (exact) mass is 457 g/mol. The number of halogens is 1. The first-order valence-electron chi connectivity index (χ1n) is 9.28. The number of hydrogen-bond donors (Lipinski definition) is 2. The normalized spacial score (nSPS) is 11.9. The maximum atomic E-state index is 13.2. The van der Waals surface area contributed by atoms with E-state index in [9.17, 15) is 9.59 Å². The molecular weight excluding hydrogens is 434 g/mol. The molecule has 0 aliphatic heterocycles.